The van der Waals surface area contributed by atoms with Gasteiger partial charge in [0.05, 0.1) is 25.2 Å². The normalized spacial score (nSPS) is 14.5. The Hall–Kier alpha value is -3.20. The first-order chi connectivity index (χ1) is 16.6. The van der Waals surface area contributed by atoms with E-state index in [1.807, 2.05) is 60.0 Å². The van der Waals surface area contributed by atoms with E-state index in [0.29, 0.717) is 11.7 Å². The van der Waals surface area contributed by atoms with E-state index in [0.717, 1.165) is 54.6 Å². The molecule has 1 aromatic heterocycles. The molecule has 1 unspecified atom stereocenters. The molecule has 1 fully saturated rings. The molecule has 4 rings (SSSR count). The van der Waals surface area contributed by atoms with E-state index in [1.54, 1.807) is 14.2 Å². The van der Waals surface area contributed by atoms with Crippen LogP contribution in [0.3, 0.4) is 0 Å². The SMILES string of the molecule is COc1ccccc1CNC(=O)C(C)Sc1nnc(N2CCCCC2)n1-c1ccccc1OC. The van der Waals surface area contributed by atoms with Crippen molar-refractivity contribution >= 4 is 23.6 Å². The number of aromatic nitrogens is 3. The van der Waals surface area contributed by atoms with Gasteiger partial charge in [0.2, 0.25) is 11.9 Å². The highest BCUT2D eigenvalue weighted by Gasteiger charge is 2.26. The molecule has 0 saturated carbocycles. The van der Waals surface area contributed by atoms with E-state index in [1.165, 1.54) is 18.2 Å². The fourth-order valence-corrected chi connectivity index (χ4v) is 4.93. The number of para-hydroxylation sites is 3. The zero-order valence-corrected chi connectivity index (χ0v) is 20.7. The summed E-state index contributed by atoms with van der Waals surface area (Å²) in [6.07, 6.45) is 3.48. The molecule has 34 heavy (non-hydrogen) atoms. The lowest BCUT2D eigenvalue weighted by atomic mass is 10.1. The number of amides is 1. The Bertz CT molecular complexity index is 1110. The van der Waals surface area contributed by atoms with Crippen LogP contribution in [0.4, 0.5) is 5.95 Å². The molecule has 2 heterocycles. The number of carbonyl (C=O) groups excluding carboxylic acids is 1. The predicted octanol–water partition coefficient (Wildman–Crippen LogP) is 4.07. The Kier molecular flexibility index (Phi) is 7.95. The van der Waals surface area contributed by atoms with Gasteiger partial charge in [0.25, 0.3) is 0 Å². The number of rotatable bonds is 9. The molecule has 0 radical (unpaired) electrons. The van der Waals surface area contributed by atoms with Gasteiger partial charge >= 0.3 is 0 Å². The Morgan fingerprint density at radius 2 is 1.68 bits per heavy atom. The molecule has 1 amide bonds. The number of carbonyl (C=O) groups is 1. The maximum Gasteiger partial charge on any atom is 0.233 e. The first-order valence-corrected chi connectivity index (χ1v) is 12.4. The standard InChI is InChI=1S/C25H31N5O3S/c1-18(23(31)26-17-19-11-5-7-13-21(19)32-2)34-25-28-27-24(29-15-9-4-10-16-29)30(25)20-12-6-8-14-22(20)33-3/h5-8,11-14,18H,4,9-10,15-17H2,1-3H3,(H,26,31). The summed E-state index contributed by atoms with van der Waals surface area (Å²) in [5, 5.41) is 12.3. The van der Waals surface area contributed by atoms with Crippen molar-refractivity contribution in [3.8, 4) is 17.2 Å². The maximum absolute atomic E-state index is 12.9. The van der Waals surface area contributed by atoms with Gasteiger partial charge < -0.3 is 19.7 Å². The third kappa shape index (κ3) is 5.30. The molecule has 1 atom stereocenters. The highest BCUT2D eigenvalue weighted by atomic mass is 32.2. The van der Waals surface area contributed by atoms with E-state index in [2.05, 4.69) is 20.4 Å². The number of benzene rings is 2. The summed E-state index contributed by atoms with van der Waals surface area (Å²) in [6, 6.07) is 15.5. The third-order valence-electron chi connectivity index (χ3n) is 5.88. The van der Waals surface area contributed by atoms with Gasteiger partial charge in [-0.05, 0) is 44.4 Å². The van der Waals surface area contributed by atoms with Gasteiger partial charge in [0.15, 0.2) is 5.16 Å². The molecule has 1 aliphatic rings. The van der Waals surface area contributed by atoms with Crippen LogP contribution < -0.4 is 19.7 Å². The molecule has 2 aromatic carbocycles. The molecule has 0 aliphatic carbocycles. The highest BCUT2D eigenvalue weighted by Crippen LogP contribution is 2.34. The summed E-state index contributed by atoms with van der Waals surface area (Å²) in [6.45, 7) is 4.15. The van der Waals surface area contributed by atoms with Gasteiger partial charge in [0, 0.05) is 25.2 Å². The van der Waals surface area contributed by atoms with Gasteiger partial charge in [-0.2, -0.15) is 0 Å². The molecule has 9 heteroatoms. The summed E-state index contributed by atoms with van der Waals surface area (Å²) < 4.78 is 13.0. The Balaban J connectivity index is 1.56. The minimum Gasteiger partial charge on any atom is -0.496 e. The van der Waals surface area contributed by atoms with Crippen molar-refractivity contribution in [2.45, 2.75) is 43.1 Å². The number of ether oxygens (including phenoxy) is 2. The minimum atomic E-state index is -0.374. The van der Waals surface area contributed by atoms with Crippen molar-refractivity contribution in [3.05, 3.63) is 54.1 Å². The van der Waals surface area contributed by atoms with Crippen molar-refractivity contribution < 1.29 is 14.3 Å². The van der Waals surface area contributed by atoms with Crippen LogP contribution in [-0.4, -0.2) is 53.2 Å². The van der Waals surface area contributed by atoms with Crippen molar-refractivity contribution in [2.75, 3.05) is 32.2 Å². The van der Waals surface area contributed by atoms with Crippen LogP contribution >= 0.6 is 11.8 Å². The van der Waals surface area contributed by atoms with Crippen LogP contribution in [0.25, 0.3) is 5.69 Å². The summed E-state index contributed by atoms with van der Waals surface area (Å²) in [5.41, 5.74) is 1.79. The number of anilines is 1. The van der Waals surface area contributed by atoms with Crippen molar-refractivity contribution in [1.82, 2.24) is 20.1 Å². The lowest BCUT2D eigenvalue weighted by molar-refractivity contribution is -0.120. The molecule has 180 valence electrons. The van der Waals surface area contributed by atoms with Crippen LogP contribution in [-0.2, 0) is 11.3 Å². The number of nitrogens with zero attached hydrogens (tertiary/aromatic N) is 4. The summed E-state index contributed by atoms with van der Waals surface area (Å²) >= 11 is 1.39. The van der Waals surface area contributed by atoms with E-state index in [9.17, 15) is 4.79 Å². The number of nitrogens with one attached hydrogen (secondary N) is 1. The smallest absolute Gasteiger partial charge is 0.233 e. The fourth-order valence-electron chi connectivity index (χ4n) is 4.05. The number of hydrogen-bond acceptors (Lipinski definition) is 7. The van der Waals surface area contributed by atoms with Crippen LogP contribution in [0.1, 0.15) is 31.7 Å². The average molecular weight is 482 g/mol. The van der Waals surface area contributed by atoms with Crippen LogP contribution in [0.2, 0.25) is 0 Å². The zero-order valence-electron chi connectivity index (χ0n) is 19.9. The molecular formula is C25H31N5O3S. The second-order valence-electron chi connectivity index (χ2n) is 8.13. The molecular weight excluding hydrogens is 450 g/mol. The topological polar surface area (TPSA) is 81.5 Å². The van der Waals surface area contributed by atoms with Crippen LogP contribution in [0.15, 0.2) is 53.7 Å². The first kappa shape index (κ1) is 23.9. The first-order valence-electron chi connectivity index (χ1n) is 11.5. The van der Waals surface area contributed by atoms with Crippen LogP contribution in [0, 0.1) is 0 Å². The van der Waals surface area contributed by atoms with E-state index < -0.39 is 0 Å². The monoisotopic (exact) mass is 481 g/mol. The highest BCUT2D eigenvalue weighted by molar-refractivity contribution is 8.00. The van der Waals surface area contributed by atoms with E-state index >= 15 is 0 Å². The molecule has 3 aromatic rings. The quantitative estimate of drug-likeness (QED) is 0.461. The van der Waals surface area contributed by atoms with Crippen molar-refractivity contribution in [1.29, 1.82) is 0 Å². The summed E-state index contributed by atoms with van der Waals surface area (Å²) in [4.78, 5) is 15.2. The average Bonchev–Trinajstić information content (AvgIpc) is 3.30. The van der Waals surface area contributed by atoms with Gasteiger partial charge in [-0.3, -0.25) is 9.36 Å². The molecule has 8 nitrogen and oxygen atoms in total. The third-order valence-corrected chi connectivity index (χ3v) is 6.92. The summed E-state index contributed by atoms with van der Waals surface area (Å²) in [5.74, 6) is 2.19. The van der Waals surface area contributed by atoms with Crippen molar-refractivity contribution in [2.24, 2.45) is 0 Å². The number of thioether (sulfide) groups is 1. The maximum atomic E-state index is 12.9. The van der Waals surface area contributed by atoms with Gasteiger partial charge in [0.1, 0.15) is 11.5 Å². The number of piperidine rings is 1. The Morgan fingerprint density at radius 3 is 2.41 bits per heavy atom. The molecule has 1 saturated heterocycles. The Labute approximate surface area is 204 Å². The number of methoxy groups -OCH3 is 2. The van der Waals surface area contributed by atoms with Gasteiger partial charge in [-0.15, -0.1) is 10.2 Å². The summed E-state index contributed by atoms with van der Waals surface area (Å²) in [7, 11) is 3.29. The van der Waals surface area contributed by atoms with Gasteiger partial charge in [-0.1, -0.05) is 42.1 Å². The minimum absolute atomic E-state index is 0.0787. The second-order valence-corrected chi connectivity index (χ2v) is 9.44. The van der Waals surface area contributed by atoms with Crippen LogP contribution in [0.5, 0.6) is 11.5 Å². The predicted molar refractivity (Wildman–Crippen MR) is 134 cm³/mol. The number of hydrogen-bond donors (Lipinski definition) is 1. The lowest BCUT2D eigenvalue weighted by Gasteiger charge is -2.28. The molecule has 1 aliphatic heterocycles. The molecule has 0 bridgehead atoms. The van der Waals surface area contributed by atoms with Crippen molar-refractivity contribution in [3.63, 3.8) is 0 Å². The van der Waals surface area contributed by atoms with Gasteiger partial charge in [-0.25, -0.2) is 0 Å². The molecule has 1 N–H and O–H groups in total. The van der Waals surface area contributed by atoms with E-state index in [4.69, 9.17) is 9.47 Å². The lowest BCUT2D eigenvalue weighted by Crippen LogP contribution is -2.32. The second kappa shape index (κ2) is 11.3. The largest absolute Gasteiger partial charge is 0.496 e. The van der Waals surface area contributed by atoms with E-state index in [-0.39, 0.29) is 11.2 Å². The zero-order chi connectivity index (χ0) is 23.9. The Morgan fingerprint density at radius 1 is 1.00 bits per heavy atom. The fraction of sp³-hybridized carbons (Fsp3) is 0.400. The molecule has 0 spiro atoms.